The summed E-state index contributed by atoms with van der Waals surface area (Å²) in [5, 5.41) is 3.58. The predicted octanol–water partition coefficient (Wildman–Crippen LogP) is 3.43. The lowest BCUT2D eigenvalue weighted by atomic mass is 10.0. The molecule has 0 radical (unpaired) electrons. The highest BCUT2D eigenvalue weighted by molar-refractivity contribution is 7.15. The van der Waals surface area contributed by atoms with Gasteiger partial charge >= 0.3 is 17.8 Å². The van der Waals surface area contributed by atoms with Gasteiger partial charge in [0.1, 0.15) is 5.82 Å². The van der Waals surface area contributed by atoms with Crippen molar-refractivity contribution < 1.29 is 31.9 Å². The van der Waals surface area contributed by atoms with Crippen LogP contribution in [0.4, 0.5) is 22.7 Å². The number of aromatic nitrogens is 1. The van der Waals surface area contributed by atoms with E-state index < -0.39 is 29.5 Å². The normalized spacial score (nSPS) is 15.8. The third kappa shape index (κ3) is 4.19. The summed E-state index contributed by atoms with van der Waals surface area (Å²) in [5.74, 6) is -3.65. The molecular weight excluding hydrogens is 414 g/mol. The smallest absolute Gasteiger partial charge is 0.442 e. The first-order chi connectivity index (χ1) is 13.7. The number of benzene rings is 1. The summed E-state index contributed by atoms with van der Waals surface area (Å²) in [5.41, 5.74) is -3.15. The molecule has 0 aliphatic heterocycles. The number of carbonyl (C=O) groups is 2. The van der Waals surface area contributed by atoms with Gasteiger partial charge in [0.2, 0.25) is 0 Å². The maximum Gasteiger partial charge on any atom is 0.442 e. The molecule has 6 nitrogen and oxygen atoms in total. The fourth-order valence-corrected chi connectivity index (χ4v) is 4.06. The Hall–Kier alpha value is -2.69. The van der Waals surface area contributed by atoms with Gasteiger partial charge in [0.05, 0.1) is 12.8 Å². The lowest BCUT2D eigenvalue weighted by Crippen LogP contribution is -2.69. The summed E-state index contributed by atoms with van der Waals surface area (Å²) in [6, 6.07) is 3.85. The molecule has 2 N–H and O–H groups in total. The number of anilines is 1. The van der Waals surface area contributed by atoms with Crippen LogP contribution >= 0.6 is 11.3 Å². The molecule has 0 saturated heterocycles. The Labute approximate surface area is 167 Å². The van der Waals surface area contributed by atoms with Crippen molar-refractivity contribution in [1.29, 1.82) is 0 Å². The molecule has 1 aliphatic rings. The highest BCUT2D eigenvalue weighted by atomic mass is 32.1. The van der Waals surface area contributed by atoms with Crippen molar-refractivity contribution >= 4 is 28.3 Å². The van der Waals surface area contributed by atoms with Crippen LogP contribution in [0.25, 0.3) is 0 Å². The molecule has 1 aliphatic carbocycles. The molecule has 0 saturated carbocycles. The van der Waals surface area contributed by atoms with Gasteiger partial charge in [-0.15, -0.1) is 11.3 Å². The van der Waals surface area contributed by atoms with Gasteiger partial charge in [-0.2, -0.15) is 13.2 Å². The number of thiazole rings is 1. The van der Waals surface area contributed by atoms with Crippen molar-refractivity contribution in [3.8, 4) is 0 Å². The Bertz CT molecular complexity index is 891. The highest BCUT2D eigenvalue weighted by Gasteiger charge is 2.64. The Morgan fingerprint density at radius 3 is 2.38 bits per heavy atom. The molecule has 0 fully saturated rings. The van der Waals surface area contributed by atoms with E-state index in [1.165, 1.54) is 0 Å². The Balaban J connectivity index is 1.98. The standard InChI is InChI=1S/C18H17F4N3O3S/c1-28-15(27)17(18(20,21)22,24-14(26)10-6-8-11(19)9-7-10)25-16-23-12-4-2-3-5-13(12)29-16/h6-9H,2-5H2,1H3,(H,23,25)(H,24,26). The number of esters is 1. The number of nitrogens with zero attached hydrogens (tertiary/aromatic N) is 1. The van der Waals surface area contributed by atoms with Crippen LogP contribution in [0.3, 0.4) is 0 Å². The van der Waals surface area contributed by atoms with Crippen molar-refractivity contribution in [2.45, 2.75) is 37.5 Å². The molecule has 1 unspecified atom stereocenters. The zero-order chi connectivity index (χ0) is 21.2. The summed E-state index contributed by atoms with van der Waals surface area (Å²) in [6.07, 6.45) is -2.17. The first kappa shape index (κ1) is 21.0. The number of rotatable bonds is 5. The number of carbonyl (C=O) groups excluding carboxylic acids is 2. The van der Waals surface area contributed by atoms with E-state index in [0.29, 0.717) is 18.5 Å². The highest BCUT2D eigenvalue weighted by Crippen LogP contribution is 2.36. The molecule has 1 atom stereocenters. The predicted molar refractivity (Wildman–Crippen MR) is 97.0 cm³/mol. The summed E-state index contributed by atoms with van der Waals surface area (Å²) in [7, 11) is 0.779. The average Bonchev–Trinajstić information content (AvgIpc) is 3.08. The van der Waals surface area contributed by atoms with E-state index in [4.69, 9.17) is 0 Å². The quantitative estimate of drug-likeness (QED) is 0.431. The van der Waals surface area contributed by atoms with Crippen LogP contribution in [0.2, 0.25) is 0 Å². The molecule has 1 aromatic carbocycles. The Kier molecular flexibility index (Phi) is 5.78. The maximum atomic E-state index is 14.1. The SMILES string of the molecule is COC(=O)C(NC(=O)c1ccc(F)cc1)(Nc1nc2c(s1)CCCC2)C(F)(F)F. The number of halogens is 4. The van der Waals surface area contributed by atoms with Crippen LogP contribution in [0.1, 0.15) is 33.8 Å². The number of hydrogen-bond donors (Lipinski definition) is 2. The van der Waals surface area contributed by atoms with Crippen molar-refractivity contribution in [2.24, 2.45) is 0 Å². The van der Waals surface area contributed by atoms with E-state index in [9.17, 15) is 27.2 Å². The lowest BCUT2D eigenvalue weighted by Gasteiger charge is -2.34. The minimum atomic E-state index is -5.26. The summed E-state index contributed by atoms with van der Waals surface area (Å²) >= 11 is 1.00. The molecular formula is C18H17F4N3O3S. The second kappa shape index (κ2) is 7.97. The fraction of sp³-hybridized carbons (Fsp3) is 0.389. The molecule has 3 rings (SSSR count). The number of hydrogen-bond acceptors (Lipinski definition) is 6. The van der Waals surface area contributed by atoms with Crippen LogP contribution in [-0.2, 0) is 22.4 Å². The average molecular weight is 431 g/mol. The number of alkyl halides is 3. The summed E-state index contributed by atoms with van der Waals surface area (Å²) in [6.45, 7) is 0. The monoisotopic (exact) mass is 431 g/mol. The van der Waals surface area contributed by atoms with Crippen molar-refractivity contribution in [1.82, 2.24) is 10.3 Å². The van der Waals surface area contributed by atoms with Crippen molar-refractivity contribution in [2.75, 3.05) is 12.4 Å². The molecule has 29 heavy (non-hydrogen) atoms. The zero-order valence-corrected chi connectivity index (χ0v) is 16.0. The van der Waals surface area contributed by atoms with Gasteiger partial charge in [-0.3, -0.25) is 4.79 Å². The van der Waals surface area contributed by atoms with E-state index >= 15 is 0 Å². The van der Waals surface area contributed by atoms with Crippen molar-refractivity contribution in [3.63, 3.8) is 0 Å². The molecule has 0 spiro atoms. The molecule has 0 bridgehead atoms. The zero-order valence-electron chi connectivity index (χ0n) is 15.2. The van der Waals surface area contributed by atoms with E-state index in [-0.39, 0.29) is 10.7 Å². The molecule has 1 amide bonds. The first-order valence-corrected chi connectivity index (χ1v) is 9.48. The Morgan fingerprint density at radius 2 is 1.79 bits per heavy atom. The van der Waals surface area contributed by atoms with Gasteiger partial charge in [-0.05, 0) is 49.9 Å². The topological polar surface area (TPSA) is 80.3 Å². The van der Waals surface area contributed by atoms with E-state index in [1.807, 2.05) is 0 Å². The third-order valence-electron chi connectivity index (χ3n) is 4.46. The van der Waals surface area contributed by atoms with Gasteiger partial charge in [0.25, 0.3) is 5.91 Å². The number of ether oxygens (including phenoxy) is 1. The van der Waals surface area contributed by atoms with Crippen LogP contribution < -0.4 is 10.6 Å². The number of aryl methyl sites for hydroxylation is 2. The minimum Gasteiger partial charge on any atom is -0.466 e. The lowest BCUT2D eigenvalue weighted by molar-refractivity contribution is -0.203. The minimum absolute atomic E-state index is 0.154. The van der Waals surface area contributed by atoms with E-state index in [0.717, 1.165) is 60.4 Å². The van der Waals surface area contributed by atoms with Gasteiger partial charge in [0, 0.05) is 10.4 Å². The largest absolute Gasteiger partial charge is 0.466 e. The van der Waals surface area contributed by atoms with E-state index in [1.54, 1.807) is 5.32 Å². The number of fused-ring (bicyclic) bond motifs is 1. The van der Waals surface area contributed by atoms with Crippen molar-refractivity contribution in [3.05, 3.63) is 46.2 Å². The van der Waals surface area contributed by atoms with Crippen LogP contribution in [0.15, 0.2) is 24.3 Å². The molecule has 11 heteroatoms. The molecule has 1 aromatic heterocycles. The summed E-state index contributed by atoms with van der Waals surface area (Å²) in [4.78, 5) is 29.7. The third-order valence-corrected chi connectivity index (χ3v) is 5.54. The maximum absolute atomic E-state index is 14.1. The Morgan fingerprint density at radius 1 is 1.14 bits per heavy atom. The molecule has 156 valence electrons. The van der Waals surface area contributed by atoms with Crippen LogP contribution in [0.5, 0.6) is 0 Å². The van der Waals surface area contributed by atoms with Gasteiger partial charge in [-0.1, -0.05) is 0 Å². The first-order valence-electron chi connectivity index (χ1n) is 8.66. The number of methoxy groups -OCH3 is 1. The van der Waals surface area contributed by atoms with Crippen LogP contribution in [-0.4, -0.2) is 35.8 Å². The van der Waals surface area contributed by atoms with E-state index in [2.05, 4.69) is 15.0 Å². The second-order valence-corrected chi connectivity index (χ2v) is 7.50. The van der Waals surface area contributed by atoms with Gasteiger partial charge < -0.3 is 15.4 Å². The number of amides is 1. The van der Waals surface area contributed by atoms with Gasteiger partial charge in [0.15, 0.2) is 5.13 Å². The fourth-order valence-electron chi connectivity index (χ4n) is 2.95. The molecule has 2 aromatic rings. The second-order valence-electron chi connectivity index (χ2n) is 6.42. The van der Waals surface area contributed by atoms with Crippen LogP contribution in [0, 0.1) is 5.82 Å². The van der Waals surface area contributed by atoms with Gasteiger partial charge in [-0.25, -0.2) is 14.2 Å². The molecule has 1 heterocycles. The number of nitrogens with one attached hydrogen (secondary N) is 2. The summed E-state index contributed by atoms with van der Waals surface area (Å²) < 4.78 is 59.6.